The van der Waals surface area contributed by atoms with Crippen LogP contribution in [0.5, 0.6) is 0 Å². The summed E-state index contributed by atoms with van der Waals surface area (Å²) in [7, 11) is 1.94. The normalized spacial score (nSPS) is 36.8. The Morgan fingerprint density at radius 2 is 2.19 bits per heavy atom. The number of aliphatic hydroxyl groups is 3. The maximum atomic E-state index is 10.3. The molecule has 0 amide bonds. The minimum absolute atomic E-state index is 0.306. The molecule has 1 fully saturated rings. The molecule has 2 aliphatic heterocycles. The number of fused-ring (bicyclic) bond motifs is 1. The first-order valence-electron chi connectivity index (χ1n) is 7.25. The molecule has 0 aliphatic carbocycles. The van der Waals surface area contributed by atoms with Crippen LogP contribution in [0.1, 0.15) is 19.8 Å². The van der Waals surface area contributed by atoms with Gasteiger partial charge >= 0.3 is 0 Å². The second-order valence-corrected chi connectivity index (χ2v) is 6.55. The summed E-state index contributed by atoms with van der Waals surface area (Å²) < 4.78 is 5.78. The van der Waals surface area contributed by atoms with Crippen LogP contribution in [0.25, 0.3) is 0 Å². The number of aliphatic imine (C=N–C) groups is 1. The Labute approximate surface area is 129 Å². The highest BCUT2D eigenvalue weighted by Crippen LogP contribution is 2.38. The molecule has 0 aromatic rings. The van der Waals surface area contributed by atoms with Crippen molar-refractivity contribution in [2.24, 2.45) is 4.99 Å². The highest BCUT2D eigenvalue weighted by Gasteiger charge is 2.50. The summed E-state index contributed by atoms with van der Waals surface area (Å²) in [6.07, 6.45) is -1.02. The van der Waals surface area contributed by atoms with Gasteiger partial charge in [0.1, 0.15) is 29.8 Å². The highest BCUT2D eigenvalue weighted by atomic mass is 32.2. The number of hydrogen-bond donors (Lipinski definition) is 3. The smallest absolute Gasteiger partial charge is 0.162 e. The summed E-state index contributed by atoms with van der Waals surface area (Å²) in [6.45, 7) is 6.52. The van der Waals surface area contributed by atoms with Gasteiger partial charge in [0.05, 0.1) is 6.10 Å². The van der Waals surface area contributed by atoms with Gasteiger partial charge in [-0.1, -0.05) is 24.8 Å². The van der Waals surface area contributed by atoms with Crippen molar-refractivity contribution in [2.75, 3.05) is 13.6 Å². The van der Waals surface area contributed by atoms with E-state index in [-0.39, 0.29) is 5.44 Å². The Kier molecular flexibility index (Phi) is 5.67. The minimum atomic E-state index is -1.15. The number of amidine groups is 1. The zero-order valence-corrected chi connectivity index (χ0v) is 13.2. The predicted molar refractivity (Wildman–Crippen MR) is 83.2 cm³/mol. The summed E-state index contributed by atoms with van der Waals surface area (Å²) in [5.74, 6) is 0. The van der Waals surface area contributed by atoms with E-state index in [1.807, 2.05) is 11.9 Å². The standard InChI is InChI=1S/C14H24N2O4S/c1-4-6-8(17)12-11(19)10(18)9-13(20-12)21-14(15-9)16(3)7-5-2/h4,8-13,17-19H,1,5-7H2,2-3H3/t8?,9-,10-,11+,12-,13-/m1/s1. The Bertz CT molecular complexity index is 406. The molecule has 1 unspecified atom stereocenters. The summed E-state index contributed by atoms with van der Waals surface area (Å²) in [5, 5.41) is 31.2. The van der Waals surface area contributed by atoms with Crippen LogP contribution in [0.2, 0.25) is 0 Å². The summed E-state index contributed by atoms with van der Waals surface area (Å²) >= 11 is 1.43. The van der Waals surface area contributed by atoms with Crippen molar-refractivity contribution >= 4 is 16.9 Å². The fraction of sp³-hybridized carbons (Fsp3) is 0.786. The van der Waals surface area contributed by atoms with Gasteiger partial charge in [0.2, 0.25) is 0 Å². The topological polar surface area (TPSA) is 85.5 Å². The molecule has 0 bridgehead atoms. The van der Waals surface area contributed by atoms with E-state index in [4.69, 9.17) is 4.74 Å². The van der Waals surface area contributed by atoms with Gasteiger partial charge in [-0.2, -0.15) is 0 Å². The third-order valence-corrected chi connectivity index (χ3v) is 5.01. The van der Waals surface area contributed by atoms with Crippen molar-refractivity contribution < 1.29 is 20.1 Å². The van der Waals surface area contributed by atoms with E-state index in [1.165, 1.54) is 11.8 Å². The molecule has 2 heterocycles. The predicted octanol–water partition coefficient (Wildman–Crippen LogP) is 0.183. The molecule has 0 saturated carbocycles. The molecule has 0 aromatic carbocycles. The lowest BCUT2D eigenvalue weighted by Crippen LogP contribution is -2.58. The Morgan fingerprint density at radius 3 is 2.81 bits per heavy atom. The average molecular weight is 316 g/mol. The molecule has 0 spiro atoms. The van der Waals surface area contributed by atoms with E-state index < -0.39 is 30.5 Å². The van der Waals surface area contributed by atoms with E-state index in [1.54, 1.807) is 6.08 Å². The molecule has 6 atom stereocenters. The third kappa shape index (κ3) is 3.43. The van der Waals surface area contributed by atoms with Crippen LogP contribution < -0.4 is 0 Å². The highest BCUT2D eigenvalue weighted by molar-refractivity contribution is 8.14. The molecule has 3 N–H and O–H groups in total. The van der Waals surface area contributed by atoms with Gasteiger partial charge in [0.15, 0.2) is 5.17 Å². The van der Waals surface area contributed by atoms with E-state index in [0.29, 0.717) is 6.42 Å². The first-order valence-corrected chi connectivity index (χ1v) is 8.13. The number of nitrogens with zero attached hydrogens (tertiary/aromatic N) is 2. The Morgan fingerprint density at radius 1 is 1.48 bits per heavy atom. The van der Waals surface area contributed by atoms with Crippen LogP contribution in [-0.4, -0.2) is 74.9 Å². The average Bonchev–Trinajstić information content (AvgIpc) is 2.87. The van der Waals surface area contributed by atoms with Crippen LogP contribution in [0, 0.1) is 0 Å². The fourth-order valence-corrected chi connectivity index (χ4v) is 3.82. The third-order valence-electron chi connectivity index (χ3n) is 3.76. The molecule has 1 saturated heterocycles. The first kappa shape index (κ1) is 16.8. The van der Waals surface area contributed by atoms with Crippen LogP contribution >= 0.6 is 11.8 Å². The molecular formula is C14H24N2O4S. The van der Waals surface area contributed by atoms with Crippen molar-refractivity contribution in [3.8, 4) is 0 Å². The van der Waals surface area contributed by atoms with Gasteiger partial charge in [-0.3, -0.25) is 4.99 Å². The quantitative estimate of drug-likeness (QED) is 0.628. The molecule has 21 heavy (non-hydrogen) atoms. The molecule has 2 aliphatic rings. The molecule has 120 valence electrons. The number of rotatable bonds is 5. The van der Waals surface area contributed by atoms with Gasteiger partial charge in [-0.05, 0) is 12.8 Å². The molecule has 7 heteroatoms. The first-order chi connectivity index (χ1) is 9.99. The van der Waals surface area contributed by atoms with Crippen molar-refractivity contribution in [2.45, 2.75) is 55.7 Å². The Hall–Kier alpha value is -0.600. The molecule has 0 radical (unpaired) electrons. The van der Waals surface area contributed by atoms with Gasteiger partial charge < -0.3 is 25.0 Å². The van der Waals surface area contributed by atoms with Crippen molar-refractivity contribution in [3.63, 3.8) is 0 Å². The number of thioether (sulfide) groups is 1. The minimum Gasteiger partial charge on any atom is -0.390 e. The van der Waals surface area contributed by atoms with Crippen molar-refractivity contribution in [3.05, 3.63) is 12.7 Å². The molecule has 2 rings (SSSR count). The number of ether oxygens (including phenoxy) is 1. The maximum Gasteiger partial charge on any atom is 0.162 e. The van der Waals surface area contributed by atoms with E-state index in [9.17, 15) is 15.3 Å². The second-order valence-electron chi connectivity index (χ2n) is 5.48. The molecular weight excluding hydrogens is 292 g/mol. The lowest BCUT2D eigenvalue weighted by Gasteiger charge is -2.40. The van der Waals surface area contributed by atoms with E-state index in [0.717, 1.165) is 18.1 Å². The second kappa shape index (κ2) is 7.11. The van der Waals surface area contributed by atoms with Crippen LogP contribution in [0.3, 0.4) is 0 Å². The zero-order chi connectivity index (χ0) is 15.6. The monoisotopic (exact) mass is 316 g/mol. The summed E-state index contributed by atoms with van der Waals surface area (Å²) in [6, 6.07) is -0.494. The lowest BCUT2D eigenvalue weighted by molar-refractivity contribution is -0.184. The SMILES string of the molecule is C=CCC(O)[C@H]1O[C@@H]2SC(N(C)CCC)=N[C@@H]2[C@@H](O)[C@@H]1O. The van der Waals surface area contributed by atoms with E-state index in [2.05, 4.69) is 18.5 Å². The lowest BCUT2D eigenvalue weighted by atomic mass is 9.94. The van der Waals surface area contributed by atoms with Crippen LogP contribution in [-0.2, 0) is 4.74 Å². The summed E-state index contributed by atoms with van der Waals surface area (Å²) in [4.78, 5) is 6.48. The van der Waals surface area contributed by atoms with Gasteiger partial charge in [-0.15, -0.1) is 6.58 Å². The largest absolute Gasteiger partial charge is 0.390 e. The Balaban J connectivity index is 2.08. The number of aliphatic hydroxyl groups excluding tert-OH is 3. The maximum absolute atomic E-state index is 10.3. The fourth-order valence-electron chi connectivity index (χ4n) is 2.61. The van der Waals surface area contributed by atoms with E-state index >= 15 is 0 Å². The summed E-state index contributed by atoms with van der Waals surface area (Å²) in [5.41, 5.74) is -0.373. The number of hydrogen-bond acceptors (Lipinski definition) is 7. The van der Waals surface area contributed by atoms with Crippen LogP contribution in [0.4, 0.5) is 0 Å². The molecule has 6 nitrogen and oxygen atoms in total. The molecule has 0 aromatic heterocycles. The van der Waals surface area contributed by atoms with Crippen molar-refractivity contribution in [1.82, 2.24) is 4.90 Å². The van der Waals surface area contributed by atoms with Gasteiger partial charge in [0, 0.05) is 13.6 Å². The van der Waals surface area contributed by atoms with Crippen LogP contribution in [0.15, 0.2) is 17.6 Å². The van der Waals surface area contributed by atoms with Gasteiger partial charge in [-0.25, -0.2) is 0 Å². The van der Waals surface area contributed by atoms with Crippen molar-refractivity contribution in [1.29, 1.82) is 0 Å². The zero-order valence-electron chi connectivity index (χ0n) is 12.4. The van der Waals surface area contributed by atoms with Gasteiger partial charge in [0.25, 0.3) is 0 Å².